The molecule has 3 rings (SSSR count). The molecule has 0 spiro atoms. The summed E-state index contributed by atoms with van der Waals surface area (Å²) in [6.07, 6.45) is 0. The number of benzene rings is 3. The van der Waals surface area contributed by atoms with E-state index in [0.717, 1.165) is 0 Å². The second kappa shape index (κ2) is 8.29. The van der Waals surface area contributed by atoms with Crippen LogP contribution in [0.5, 0.6) is 0 Å². The van der Waals surface area contributed by atoms with Crippen LogP contribution >= 0.6 is 7.26 Å². The van der Waals surface area contributed by atoms with Crippen LogP contribution in [0.3, 0.4) is 0 Å². The first-order valence-electron chi connectivity index (χ1n) is 9.75. The normalized spacial score (nSPS) is 13.6. The van der Waals surface area contributed by atoms with E-state index in [2.05, 4.69) is 72.8 Å². The second-order valence-corrected chi connectivity index (χ2v) is 12.4. The Morgan fingerprint density at radius 2 is 1.04 bits per heavy atom. The minimum atomic E-state index is -2.66. The maximum atomic E-state index is 13.3. The first-order valence-corrected chi connectivity index (χ1v) is 11.8. The molecular formula is C25H29O2P. The summed E-state index contributed by atoms with van der Waals surface area (Å²) >= 11 is 0. The van der Waals surface area contributed by atoms with Gasteiger partial charge in [-0.3, -0.25) is 0 Å². The summed E-state index contributed by atoms with van der Waals surface area (Å²) in [5.41, 5.74) is -0.797. The van der Waals surface area contributed by atoms with Crippen LogP contribution in [0, 0.1) is 0 Å². The standard InChI is InChI=1S/C25H29O2P/c1-20(24(26)27-25(2,3)4)28(21-14-8-5-9-15-21,22-16-10-6-11-17-22)23-18-12-7-13-19-23/h5-20,28H,1-4H3. The van der Waals surface area contributed by atoms with Crippen molar-refractivity contribution in [2.24, 2.45) is 0 Å². The van der Waals surface area contributed by atoms with Crippen molar-refractivity contribution in [3.05, 3.63) is 91.0 Å². The molecule has 0 fully saturated rings. The number of hydrogen-bond donors (Lipinski definition) is 0. The predicted molar refractivity (Wildman–Crippen MR) is 122 cm³/mol. The van der Waals surface area contributed by atoms with Gasteiger partial charge in [-0.05, 0) is 0 Å². The van der Waals surface area contributed by atoms with Crippen LogP contribution in [0.15, 0.2) is 91.0 Å². The number of carbonyl (C=O) groups is 1. The van der Waals surface area contributed by atoms with Gasteiger partial charge in [-0.25, -0.2) is 0 Å². The molecule has 0 saturated carbocycles. The summed E-state index contributed by atoms with van der Waals surface area (Å²) in [7, 11) is -2.66. The number of rotatable bonds is 5. The molecule has 0 aliphatic rings. The average Bonchev–Trinajstić information content (AvgIpc) is 2.70. The molecule has 1 unspecified atom stereocenters. The van der Waals surface area contributed by atoms with Crippen molar-refractivity contribution in [3.8, 4) is 0 Å². The number of esters is 1. The van der Waals surface area contributed by atoms with Crippen LogP contribution in [0.1, 0.15) is 27.7 Å². The van der Waals surface area contributed by atoms with E-state index >= 15 is 0 Å². The van der Waals surface area contributed by atoms with Crippen molar-refractivity contribution in [1.29, 1.82) is 0 Å². The number of ether oxygens (including phenoxy) is 1. The van der Waals surface area contributed by atoms with Gasteiger partial charge in [0.1, 0.15) is 0 Å². The molecule has 0 bridgehead atoms. The van der Waals surface area contributed by atoms with Crippen LogP contribution in [0.4, 0.5) is 0 Å². The molecule has 3 aromatic rings. The quantitative estimate of drug-likeness (QED) is 0.474. The van der Waals surface area contributed by atoms with Crippen molar-refractivity contribution in [2.45, 2.75) is 39.0 Å². The van der Waals surface area contributed by atoms with Crippen LogP contribution in [0.2, 0.25) is 0 Å². The Kier molecular flexibility index (Phi) is 6.01. The molecule has 0 N–H and O–H groups in total. The van der Waals surface area contributed by atoms with Gasteiger partial charge in [0.05, 0.1) is 0 Å². The van der Waals surface area contributed by atoms with Gasteiger partial charge in [0.2, 0.25) is 0 Å². The fraction of sp³-hybridized carbons (Fsp3) is 0.240. The maximum absolute atomic E-state index is 13.3. The van der Waals surface area contributed by atoms with Crippen LogP contribution < -0.4 is 15.9 Å². The zero-order valence-electron chi connectivity index (χ0n) is 17.1. The van der Waals surface area contributed by atoms with E-state index in [1.54, 1.807) is 0 Å². The summed E-state index contributed by atoms with van der Waals surface area (Å²) in [6.45, 7) is 7.81. The number of carbonyl (C=O) groups excluding carboxylic acids is 1. The molecule has 28 heavy (non-hydrogen) atoms. The SMILES string of the molecule is CC(C(=O)OC(C)(C)C)[PH](c1ccccc1)(c1ccccc1)c1ccccc1. The topological polar surface area (TPSA) is 26.3 Å². The Morgan fingerprint density at radius 1 is 0.714 bits per heavy atom. The van der Waals surface area contributed by atoms with Crippen molar-refractivity contribution in [3.63, 3.8) is 0 Å². The van der Waals surface area contributed by atoms with Crippen molar-refractivity contribution < 1.29 is 9.53 Å². The summed E-state index contributed by atoms with van der Waals surface area (Å²) in [4.78, 5) is 13.3. The van der Waals surface area contributed by atoms with Gasteiger partial charge >= 0.3 is 169 Å². The van der Waals surface area contributed by atoms with E-state index in [-0.39, 0.29) is 11.6 Å². The third kappa shape index (κ3) is 4.03. The van der Waals surface area contributed by atoms with Crippen molar-refractivity contribution >= 4 is 29.1 Å². The third-order valence-electron chi connectivity index (χ3n) is 5.10. The fourth-order valence-electron chi connectivity index (χ4n) is 3.92. The Bertz CT molecular complexity index is 803. The summed E-state index contributed by atoms with van der Waals surface area (Å²) in [5.74, 6) is -0.143. The summed E-state index contributed by atoms with van der Waals surface area (Å²) < 4.78 is 5.87. The van der Waals surface area contributed by atoms with Crippen LogP contribution in [0.25, 0.3) is 0 Å². The first kappa shape index (κ1) is 20.3. The van der Waals surface area contributed by atoms with E-state index in [1.165, 1.54) is 15.9 Å². The fourth-order valence-corrected chi connectivity index (χ4v) is 8.99. The summed E-state index contributed by atoms with van der Waals surface area (Å²) in [6, 6.07) is 31.4. The predicted octanol–water partition coefficient (Wildman–Crippen LogP) is 4.44. The van der Waals surface area contributed by atoms with Gasteiger partial charge in [0.15, 0.2) is 0 Å². The van der Waals surface area contributed by atoms with E-state index in [1.807, 2.05) is 45.9 Å². The van der Waals surface area contributed by atoms with Crippen molar-refractivity contribution in [2.75, 3.05) is 0 Å². The average molecular weight is 392 g/mol. The molecule has 2 nitrogen and oxygen atoms in total. The van der Waals surface area contributed by atoms with E-state index < -0.39 is 12.9 Å². The third-order valence-corrected chi connectivity index (χ3v) is 10.4. The van der Waals surface area contributed by atoms with Gasteiger partial charge in [-0.2, -0.15) is 0 Å². The molecule has 0 heterocycles. The summed E-state index contributed by atoms with van der Waals surface area (Å²) in [5, 5.41) is 3.64. The van der Waals surface area contributed by atoms with Gasteiger partial charge < -0.3 is 0 Å². The molecule has 0 radical (unpaired) electrons. The molecule has 0 aliphatic carbocycles. The Balaban J connectivity index is 2.30. The van der Waals surface area contributed by atoms with Gasteiger partial charge in [0, 0.05) is 0 Å². The molecule has 146 valence electrons. The van der Waals surface area contributed by atoms with Crippen LogP contribution in [-0.4, -0.2) is 17.2 Å². The Labute approximate surface area is 168 Å². The molecule has 3 aromatic carbocycles. The monoisotopic (exact) mass is 392 g/mol. The molecule has 0 aromatic heterocycles. The minimum absolute atomic E-state index is 0.143. The Morgan fingerprint density at radius 3 is 1.32 bits per heavy atom. The molecule has 1 atom stereocenters. The van der Waals surface area contributed by atoms with Gasteiger partial charge in [0.25, 0.3) is 0 Å². The van der Waals surface area contributed by atoms with Crippen LogP contribution in [-0.2, 0) is 9.53 Å². The zero-order valence-corrected chi connectivity index (χ0v) is 18.1. The molecule has 0 amide bonds. The van der Waals surface area contributed by atoms with Gasteiger partial charge in [-0.15, -0.1) is 0 Å². The molecule has 0 aliphatic heterocycles. The molecule has 3 heteroatoms. The first-order chi connectivity index (χ1) is 13.4. The van der Waals surface area contributed by atoms with Gasteiger partial charge in [-0.1, -0.05) is 0 Å². The zero-order chi connectivity index (χ0) is 20.2. The number of hydrogen-bond acceptors (Lipinski definition) is 2. The van der Waals surface area contributed by atoms with E-state index in [9.17, 15) is 4.79 Å². The second-order valence-electron chi connectivity index (χ2n) is 8.16. The Hall–Kier alpha value is -2.44. The van der Waals surface area contributed by atoms with Crippen molar-refractivity contribution in [1.82, 2.24) is 0 Å². The van der Waals surface area contributed by atoms with E-state index in [0.29, 0.717) is 0 Å². The molecular weight excluding hydrogens is 363 g/mol. The van der Waals surface area contributed by atoms with E-state index in [4.69, 9.17) is 4.74 Å². The molecule has 0 saturated heterocycles.